The van der Waals surface area contributed by atoms with E-state index in [0.717, 1.165) is 6.54 Å². The fourth-order valence-electron chi connectivity index (χ4n) is 2.17. The topological polar surface area (TPSA) is 12.0 Å². The fraction of sp³-hybridized carbons (Fsp3) is 0.125. The number of hydrogen-bond acceptors (Lipinski definition) is 2. The van der Waals surface area contributed by atoms with Gasteiger partial charge in [-0.15, -0.1) is 11.3 Å². The summed E-state index contributed by atoms with van der Waals surface area (Å²) in [4.78, 5) is 1.38. The van der Waals surface area contributed by atoms with Crippen LogP contribution >= 0.6 is 11.3 Å². The van der Waals surface area contributed by atoms with Gasteiger partial charge in [0.05, 0.1) is 0 Å². The second-order valence-electron chi connectivity index (χ2n) is 4.39. The zero-order valence-corrected chi connectivity index (χ0v) is 11.1. The molecule has 18 heavy (non-hydrogen) atoms. The average Bonchev–Trinajstić information content (AvgIpc) is 2.87. The zero-order valence-electron chi connectivity index (χ0n) is 10.3. The Kier molecular flexibility index (Phi) is 3.13. The molecule has 0 amide bonds. The molecule has 0 saturated heterocycles. The van der Waals surface area contributed by atoms with E-state index in [1.807, 2.05) is 18.4 Å². The van der Waals surface area contributed by atoms with Gasteiger partial charge in [0.2, 0.25) is 0 Å². The minimum Gasteiger partial charge on any atom is -0.315 e. The molecule has 2 heteroatoms. The summed E-state index contributed by atoms with van der Waals surface area (Å²) in [6.07, 6.45) is 0. The van der Waals surface area contributed by atoms with Crippen molar-refractivity contribution >= 4 is 22.1 Å². The molecule has 0 aliphatic carbocycles. The molecule has 0 aliphatic rings. The molecule has 0 unspecified atom stereocenters. The lowest BCUT2D eigenvalue weighted by Crippen LogP contribution is -2.02. The van der Waals surface area contributed by atoms with Gasteiger partial charge in [0.1, 0.15) is 0 Å². The lowest BCUT2D eigenvalue weighted by Gasteiger charge is -2.01. The van der Waals surface area contributed by atoms with E-state index in [0.29, 0.717) is 0 Å². The van der Waals surface area contributed by atoms with E-state index >= 15 is 0 Å². The summed E-state index contributed by atoms with van der Waals surface area (Å²) < 4.78 is 0. The Labute approximate surface area is 111 Å². The normalized spacial score (nSPS) is 10.9. The molecule has 0 bridgehead atoms. The number of thiophene rings is 1. The van der Waals surface area contributed by atoms with Crippen molar-refractivity contribution in [2.24, 2.45) is 0 Å². The quantitative estimate of drug-likeness (QED) is 0.734. The highest BCUT2D eigenvalue weighted by atomic mass is 32.1. The molecule has 2 aromatic carbocycles. The maximum absolute atomic E-state index is 3.19. The van der Waals surface area contributed by atoms with Crippen LogP contribution in [0.5, 0.6) is 0 Å². The first-order valence-electron chi connectivity index (χ1n) is 6.08. The zero-order chi connectivity index (χ0) is 12.4. The first-order valence-corrected chi connectivity index (χ1v) is 6.96. The molecule has 0 fully saturated rings. The standard InChI is InChI=1S/C16H15NS/c1-17-10-16-9-15(11-18-16)14-7-6-12-4-2-3-5-13(12)8-14/h2-9,11,17H,10H2,1H3. The number of benzene rings is 2. The second-order valence-corrected chi connectivity index (χ2v) is 5.39. The summed E-state index contributed by atoms with van der Waals surface area (Å²) in [6, 6.07) is 17.4. The Hall–Kier alpha value is -1.64. The van der Waals surface area contributed by atoms with Crippen molar-refractivity contribution in [3.8, 4) is 11.1 Å². The Morgan fingerprint density at radius 1 is 0.944 bits per heavy atom. The third-order valence-corrected chi connectivity index (χ3v) is 4.02. The molecule has 90 valence electrons. The van der Waals surface area contributed by atoms with Crippen molar-refractivity contribution in [2.75, 3.05) is 7.05 Å². The third-order valence-electron chi connectivity index (χ3n) is 3.09. The summed E-state index contributed by atoms with van der Waals surface area (Å²) in [7, 11) is 1.98. The molecular weight excluding hydrogens is 238 g/mol. The van der Waals surface area contributed by atoms with Gasteiger partial charge < -0.3 is 5.32 Å². The van der Waals surface area contributed by atoms with Gasteiger partial charge in [-0.05, 0) is 46.5 Å². The van der Waals surface area contributed by atoms with E-state index in [-0.39, 0.29) is 0 Å². The third kappa shape index (κ3) is 2.17. The van der Waals surface area contributed by atoms with Gasteiger partial charge in [0, 0.05) is 11.4 Å². The van der Waals surface area contributed by atoms with Gasteiger partial charge >= 0.3 is 0 Å². The van der Waals surface area contributed by atoms with Crippen LogP contribution in [-0.2, 0) is 6.54 Å². The van der Waals surface area contributed by atoms with Crippen LogP contribution in [0.2, 0.25) is 0 Å². The van der Waals surface area contributed by atoms with Gasteiger partial charge in [-0.2, -0.15) is 0 Å². The van der Waals surface area contributed by atoms with Gasteiger partial charge in [-0.1, -0.05) is 36.4 Å². The number of fused-ring (bicyclic) bond motifs is 1. The maximum Gasteiger partial charge on any atom is 0.0296 e. The number of hydrogen-bond donors (Lipinski definition) is 1. The number of rotatable bonds is 3. The van der Waals surface area contributed by atoms with Crippen molar-refractivity contribution in [1.29, 1.82) is 0 Å². The molecule has 0 spiro atoms. The first kappa shape index (κ1) is 11.5. The Morgan fingerprint density at radius 2 is 1.78 bits per heavy atom. The minimum absolute atomic E-state index is 0.943. The van der Waals surface area contributed by atoms with E-state index in [1.165, 1.54) is 26.8 Å². The Bertz CT molecular complexity index is 669. The number of nitrogens with one attached hydrogen (secondary N) is 1. The van der Waals surface area contributed by atoms with Gasteiger partial charge in [0.25, 0.3) is 0 Å². The van der Waals surface area contributed by atoms with Crippen LogP contribution < -0.4 is 5.32 Å². The van der Waals surface area contributed by atoms with Gasteiger partial charge in [0.15, 0.2) is 0 Å². The van der Waals surface area contributed by atoms with E-state index < -0.39 is 0 Å². The highest BCUT2D eigenvalue weighted by Crippen LogP contribution is 2.28. The maximum atomic E-state index is 3.19. The van der Waals surface area contributed by atoms with E-state index in [9.17, 15) is 0 Å². The van der Waals surface area contributed by atoms with Crippen molar-refractivity contribution in [1.82, 2.24) is 5.32 Å². The predicted octanol–water partition coefficient (Wildman–Crippen LogP) is 4.29. The summed E-state index contributed by atoms with van der Waals surface area (Å²) in [5.41, 5.74) is 2.61. The van der Waals surface area contributed by atoms with Crippen molar-refractivity contribution in [2.45, 2.75) is 6.54 Å². The van der Waals surface area contributed by atoms with E-state index in [1.54, 1.807) is 0 Å². The van der Waals surface area contributed by atoms with Crippen LogP contribution in [0.4, 0.5) is 0 Å². The lowest BCUT2D eigenvalue weighted by molar-refractivity contribution is 0.831. The van der Waals surface area contributed by atoms with Crippen molar-refractivity contribution in [3.05, 3.63) is 58.8 Å². The monoisotopic (exact) mass is 253 g/mol. The minimum atomic E-state index is 0.943. The Morgan fingerprint density at radius 3 is 2.61 bits per heavy atom. The highest BCUT2D eigenvalue weighted by Gasteiger charge is 2.03. The van der Waals surface area contributed by atoms with Crippen LogP contribution in [0.1, 0.15) is 4.88 Å². The molecule has 0 atom stereocenters. The van der Waals surface area contributed by atoms with Crippen LogP contribution in [0.15, 0.2) is 53.9 Å². The molecule has 1 aromatic heterocycles. The molecule has 0 radical (unpaired) electrons. The highest BCUT2D eigenvalue weighted by molar-refractivity contribution is 7.10. The SMILES string of the molecule is CNCc1cc(-c2ccc3ccccc3c2)cs1. The molecule has 1 heterocycles. The second kappa shape index (κ2) is 4.92. The summed E-state index contributed by atoms with van der Waals surface area (Å²) in [6.45, 7) is 0.943. The largest absolute Gasteiger partial charge is 0.315 e. The van der Waals surface area contributed by atoms with E-state index in [4.69, 9.17) is 0 Å². The molecule has 3 rings (SSSR count). The molecule has 1 nitrogen and oxygen atoms in total. The fourth-order valence-corrected chi connectivity index (χ4v) is 3.07. The van der Waals surface area contributed by atoms with Gasteiger partial charge in [-0.25, -0.2) is 0 Å². The van der Waals surface area contributed by atoms with Crippen LogP contribution in [0, 0.1) is 0 Å². The summed E-state index contributed by atoms with van der Waals surface area (Å²) in [5.74, 6) is 0. The predicted molar refractivity (Wildman–Crippen MR) is 80.0 cm³/mol. The smallest absolute Gasteiger partial charge is 0.0296 e. The Balaban J connectivity index is 2.02. The molecule has 0 saturated carbocycles. The van der Waals surface area contributed by atoms with Crippen LogP contribution in [-0.4, -0.2) is 7.05 Å². The average molecular weight is 253 g/mol. The molecular formula is C16H15NS. The molecule has 1 N–H and O–H groups in total. The van der Waals surface area contributed by atoms with Gasteiger partial charge in [-0.3, -0.25) is 0 Å². The molecule has 0 aliphatic heterocycles. The summed E-state index contributed by atoms with van der Waals surface area (Å²) in [5, 5.41) is 8.02. The summed E-state index contributed by atoms with van der Waals surface area (Å²) >= 11 is 1.81. The van der Waals surface area contributed by atoms with Crippen molar-refractivity contribution in [3.63, 3.8) is 0 Å². The van der Waals surface area contributed by atoms with Crippen LogP contribution in [0.3, 0.4) is 0 Å². The van der Waals surface area contributed by atoms with E-state index in [2.05, 4.69) is 59.2 Å². The first-order chi connectivity index (χ1) is 8.86. The van der Waals surface area contributed by atoms with Crippen molar-refractivity contribution < 1.29 is 0 Å². The lowest BCUT2D eigenvalue weighted by atomic mass is 10.0. The molecule has 3 aromatic rings. The van der Waals surface area contributed by atoms with Crippen LogP contribution in [0.25, 0.3) is 21.9 Å².